The van der Waals surface area contributed by atoms with Gasteiger partial charge < -0.3 is 15.5 Å². The number of carbonyl (C=O) groups is 1. The van der Waals surface area contributed by atoms with Crippen LogP contribution in [0.25, 0.3) is 0 Å². The molecule has 1 aliphatic rings. The van der Waals surface area contributed by atoms with E-state index in [2.05, 4.69) is 36.9 Å². The minimum atomic E-state index is 0.0312. The minimum Gasteiger partial charge on any atom is -0.398 e. The molecule has 0 spiro atoms. The number of carbonyl (C=O) groups excluding carboxylic acids is 1. The van der Waals surface area contributed by atoms with Gasteiger partial charge >= 0.3 is 0 Å². The number of nitrogens with two attached hydrogens (primary N) is 1. The smallest absolute Gasteiger partial charge is 0.256 e. The van der Waals surface area contributed by atoms with E-state index >= 15 is 0 Å². The first kappa shape index (κ1) is 15.4. The van der Waals surface area contributed by atoms with Gasteiger partial charge in [0, 0.05) is 37.6 Å². The fourth-order valence-corrected chi connectivity index (χ4v) is 3.09. The van der Waals surface area contributed by atoms with Crippen LogP contribution in [0.4, 0.5) is 11.4 Å². The van der Waals surface area contributed by atoms with Crippen LogP contribution in [0.2, 0.25) is 0 Å². The second-order valence-electron chi connectivity index (χ2n) is 6.09. The van der Waals surface area contributed by atoms with Gasteiger partial charge in [-0.2, -0.15) is 0 Å². The van der Waals surface area contributed by atoms with E-state index in [0.29, 0.717) is 11.3 Å². The number of nitrogens with zero attached hydrogens (tertiary/aromatic N) is 2. The van der Waals surface area contributed by atoms with Crippen LogP contribution in [0.3, 0.4) is 0 Å². The highest BCUT2D eigenvalue weighted by atomic mass is 16.2. The van der Waals surface area contributed by atoms with E-state index in [1.54, 1.807) is 12.1 Å². The number of piperazine rings is 1. The van der Waals surface area contributed by atoms with E-state index in [1.165, 1.54) is 16.8 Å². The van der Waals surface area contributed by atoms with Crippen LogP contribution in [0.15, 0.2) is 42.5 Å². The summed E-state index contributed by atoms with van der Waals surface area (Å²) in [5, 5.41) is 0. The van der Waals surface area contributed by atoms with Crippen molar-refractivity contribution in [2.75, 3.05) is 36.8 Å². The molecule has 4 heteroatoms. The molecule has 1 aliphatic heterocycles. The zero-order valence-electron chi connectivity index (χ0n) is 13.7. The van der Waals surface area contributed by atoms with Crippen LogP contribution >= 0.6 is 0 Å². The number of anilines is 2. The number of aryl methyl sites for hydroxylation is 1. The third-order valence-corrected chi connectivity index (χ3v) is 4.67. The largest absolute Gasteiger partial charge is 0.398 e. The second kappa shape index (κ2) is 6.32. The normalized spacial score (nSPS) is 14.9. The van der Waals surface area contributed by atoms with E-state index in [4.69, 9.17) is 5.73 Å². The van der Waals surface area contributed by atoms with Gasteiger partial charge in [0.15, 0.2) is 0 Å². The molecule has 2 N–H and O–H groups in total. The molecule has 0 atom stereocenters. The molecule has 1 saturated heterocycles. The summed E-state index contributed by atoms with van der Waals surface area (Å²) in [5.74, 6) is 0.0312. The lowest BCUT2D eigenvalue weighted by Crippen LogP contribution is -2.49. The van der Waals surface area contributed by atoms with Gasteiger partial charge in [-0.25, -0.2) is 0 Å². The van der Waals surface area contributed by atoms with Crippen molar-refractivity contribution >= 4 is 17.3 Å². The molecular weight excluding hydrogens is 286 g/mol. The highest BCUT2D eigenvalue weighted by molar-refractivity contribution is 5.99. The standard InChI is InChI=1S/C19H23N3O/c1-14-6-5-9-18(15(14)2)21-10-12-22(13-11-21)19(23)16-7-3-4-8-17(16)20/h3-9H,10-13,20H2,1-2H3. The fourth-order valence-electron chi connectivity index (χ4n) is 3.09. The van der Waals surface area contributed by atoms with Crippen molar-refractivity contribution in [3.8, 4) is 0 Å². The zero-order valence-corrected chi connectivity index (χ0v) is 13.7. The number of hydrogen-bond donors (Lipinski definition) is 1. The van der Waals surface area contributed by atoms with E-state index in [9.17, 15) is 4.79 Å². The monoisotopic (exact) mass is 309 g/mol. The van der Waals surface area contributed by atoms with Crippen LogP contribution in [0.1, 0.15) is 21.5 Å². The van der Waals surface area contributed by atoms with Gasteiger partial charge in [-0.3, -0.25) is 4.79 Å². The topological polar surface area (TPSA) is 49.6 Å². The Labute approximate surface area is 137 Å². The maximum Gasteiger partial charge on any atom is 0.256 e. The Hall–Kier alpha value is -2.49. The molecule has 1 heterocycles. The first-order valence-corrected chi connectivity index (χ1v) is 8.03. The number of amides is 1. The molecule has 2 aromatic carbocycles. The van der Waals surface area contributed by atoms with Crippen LogP contribution < -0.4 is 10.6 Å². The van der Waals surface area contributed by atoms with E-state index < -0.39 is 0 Å². The number of benzene rings is 2. The predicted octanol–water partition coefficient (Wildman–Crippen LogP) is 2.85. The molecule has 0 aromatic heterocycles. The van der Waals surface area contributed by atoms with Gasteiger partial charge in [0.05, 0.1) is 5.56 Å². The quantitative estimate of drug-likeness (QED) is 0.868. The Kier molecular flexibility index (Phi) is 4.24. The lowest BCUT2D eigenvalue weighted by Gasteiger charge is -2.37. The molecule has 0 saturated carbocycles. The van der Waals surface area contributed by atoms with Crippen molar-refractivity contribution in [1.29, 1.82) is 0 Å². The molecule has 4 nitrogen and oxygen atoms in total. The van der Waals surface area contributed by atoms with Crippen molar-refractivity contribution in [2.24, 2.45) is 0 Å². The summed E-state index contributed by atoms with van der Waals surface area (Å²) >= 11 is 0. The summed E-state index contributed by atoms with van der Waals surface area (Å²) in [6.07, 6.45) is 0. The summed E-state index contributed by atoms with van der Waals surface area (Å²) in [6, 6.07) is 13.7. The summed E-state index contributed by atoms with van der Waals surface area (Å²) in [7, 11) is 0. The third-order valence-electron chi connectivity index (χ3n) is 4.67. The first-order valence-electron chi connectivity index (χ1n) is 8.03. The SMILES string of the molecule is Cc1cccc(N2CCN(C(=O)c3ccccc3N)CC2)c1C. The molecule has 2 aromatic rings. The Bertz CT molecular complexity index is 718. The Morgan fingerprint density at radius 3 is 2.35 bits per heavy atom. The Balaban J connectivity index is 1.70. The number of rotatable bonds is 2. The summed E-state index contributed by atoms with van der Waals surface area (Å²) in [6.45, 7) is 7.44. The predicted molar refractivity (Wildman–Crippen MR) is 94.9 cm³/mol. The Morgan fingerprint density at radius 1 is 0.957 bits per heavy atom. The summed E-state index contributed by atoms with van der Waals surface area (Å²) in [4.78, 5) is 16.9. The van der Waals surface area contributed by atoms with E-state index in [-0.39, 0.29) is 5.91 Å². The molecule has 0 bridgehead atoms. The molecule has 1 amide bonds. The summed E-state index contributed by atoms with van der Waals surface area (Å²) in [5.41, 5.74) is 11.0. The lowest BCUT2D eigenvalue weighted by molar-refractivity contribution is 0.0748. The molecule has 0 unspecified atom stereocenters. The molecule has 0 aliphatic carbocycles. The van der Waals surface area contributed by atoms with Gasteiger partial charge in [0.2, 0.25) is 0 Å². The average molecular weight is 309 g/mol. The van der Waals surface area contributed by atoms with Crippen LogP contribution in [-0.2, 0) is 0 Å². The molecule has 1 fully saturated rings. The number of hydrogen-bond acceptors (Lipinski definition) is 3. The van der Waals surface area contributed by atoms with Gasteiger partial charge in [-0.15, -0.1) is 0 Å². The zero-order chi connectivity index (χ0) is 16.4. The highest BCUT2D eigenvalue weighted by Gasteiger charge is 2.24. The van der Waals surface area contributed by atoms with Gasteiger partial charge in [-0.05, 0) is 43.2 Å². The van der Waals surface area contributed by atoms with Crippen LogP contribution in [-0.4, -0.2) is 37.0 Å². The number of para-hydroxylation sites is 1. The van der Waals surface area contributed by atoms with Gasteiger partial charge in [-0.1, -0.05) is 24.3 Å². The third kappa shape index (κ3) is 3.02. The van der Waals surface area contributed by atoms with Gasteiger partial charge in [0.25, 0.3) is 5.91 Å². The lowest BCUT2D eigenvalue weighted by atomic mass is 10.1. The highest BCUT2D eigenvalue weighted by Crippen LogP contribution is 2.24. The van der Waals surface area contributed by atoms with Crippen molar-refractivity contribution in [3.05, 3.63) is 59.2 Å². The summed E-state index contributed by atoms with van der Waals surface area (Å²) < 4.78 is 0. The molecular formula is C19H23N3O. The second-order valence-corrected chi connectivity index (χ2v) is 6.09. The minimum absolute atomic E-state index is 0.0312. The van der Waals surface area contributed by atoms with Crippen LogP contribution in [0.5, 0.6) is 0 Å². The number of nitrogen functional groups attached to an aromatic ring is 1. The van der Waals surface area contributed by atoms with E-state index in [1.807, 2.05) is 17.0 Å². The molecule has 23 heavy (non-hydrogen) atoms. The fraction of sp³-hybridized carbons (Fsp3) is 0.316. The molecule has 3 rings (SSSR count). The van der Waals surface area contributed by atoms with E-state index in [0.717, 1.165) is 26.2 Å². The maximum atomic E-state index is 12.6. The van der Waals surface area contributed by atoms with Crippen molar-refractivity contribution in [1.82, 2.24) is 4.90 Å². The van der Waals surface area contributed by atoms with Crippen molar-refractivity contribution in [3.63, 3.8) is 0 Å². The molecule has 120 valence electrons. The Morgan fingerprint density at radius 2 is 1.65 bits per heavy atom. The van der Waals surface area contributed by atoms with Gasteiger partial charge in [0.1, 0.15) is 0 Å². The maximum absolute atomic E-state index is 12.6. The first-order chi connectivity index (χ1) is 11.1. The van der Waals surface area contributed by atoms with Crippen LogP contribution in [0, 0.1) is 13.8 Å². The van der Waals surface area contributed by atoms with Crippen molar-refractivity contribution < 1.29 is 4.79 Å². The van der Waals surface area contributed by atoms with Crippen molar-refractivity contribution in [2.45, 2.75) is 13.8 Å². The molecule has 0 radical (unpaired) electrons. The average Bonchev–Trinajstić information content (AvgIpc) is 2.57.